The number of aryl methyl sites for hydroxylation is 2. The average Bonchev–Trinajstić information content (AvgIpc) is 3.44. The Balaban J connectivity index is 1.60. The summed E-state index contributed by atoms with van der Waals surface area (Å²) in [4.78, 5) is 9.60. The molecule has 0 radical (unpaired) electrons. The van der Waals surface area contributed by atoms with Crippen LogP contribution in [0.15, 0.2) is 24.3 Å². The summed E-state index contributed by atoms with van der Waals surface area (Å²) >= 11 is 0. The van der Waals surface area contributed by atoms with Crippen LogP contribution in [0.1, 0.15) is 67.7 Å². The van der Waals surface area contributed by atoms with Gasteiger partial charge in [-0.05, 0) is 50.7 Å². The number of nitrogens with one attached hydrogen (secondary N) is 2. The first-order valence-corrected chi connectivity index (χ1v) is 9.68. The predicted octanol–water partition coefficient (Wildman–Crippen LogP) is 5.46. The van der Waals surface area contributed by atoms with E-state index in [0.29, 0.717) is 12.0 Å². The number of para-hydroxylation sites is 1. The fourth-order valence-corrected chi connectivity index (χ4v) is 3.75. The molecule has 1 heterocycles. The Kier molecular flexibility index (Phi) is 4.60. The largest absolute Gasteiger partial charge is 0.351 e. The number of benzene rings is 1. The molecule has 0 amide bonds. The second-order valence-electron chi connectivity index (χ2n) is 7.65. The van der Waals surface area contributed by atoms with Crippen molar-refractivity contribution in [2.45, 2.75) is 70.8 Å². The Hall–Kier alpha value is -2.10. The molecule has 0 unspecified atom stereocenters. The summed E-state index contributed by atoms with van der Waals surface area (Å²) in [5.41, 5.74) is 4.83. The summed E-state index contributed by atoms with van der Waals surface area (Å²) in [5.74, 6) is 2.33. The number of hydrogen-bond donors (Lipinski definition) is 2. The lowest BCUT2D eigenvalue weighted by molar-refractivity contribution is 0.460. The Morgan fingerprint density at radius 3 is 2.32 bits per heavy atom. The molecule has 4 heteroatoms. The minimum absolute atomic E-state index is 0.524. The second kappa shape index (κ2) is 7.03. The minimum Gasteiger partial charge on any atom is -0.351 e. The van der Waals surface area contributed by atoms with Crippen molar-refractivity contribution in [3.05, 3.63) is 41.1 Å². The van der Waals surface area contributed by atoms with E-state index in [1.165, 1.54) is 61.8 Å². The van der Waals surface area contributed by atoms with Gasteiger partial charge >= 0.3 is 0 Å². The molecule has 0 aliphatic heterocycles. The highest BCUT2D eigenvalue weighted by molar-refractivity contribution is 5.65. The zero-order valence-electron chi connectivity index (χ0n) is 15.3. The lowest BCUT2D eigenvalue weighted by Gasteiger charge is -2.23. The van der Waals surface area contributed by atoms with Crippen molar-refractivity contribution in [2.75, 3.05) is 10.6 Å². The summed E-state index contributed by atoms with van der Waals surface area (Å²) in [7, 11) is 0. The van der Waals surface area contributed by atoms with Crippen LogP contribution in [0.5, 0.6) is 0 Å². The van der Waals surface area contributed by atoms with E-state index in [2.05, 4.69) is 48.7 Å². The fourth-order valence-electron chi connectivity index (χ4n) is 3.75. The standard InChI is InChI=1S/C21H28N4/c1-14-7-6-8-15(2)20(14)24-19-13-18(16-11-12-16)23-21(25-19)22-17-9-4-3-5-10-17/h6-8,13,16-17H,3-5,9-12H2,1-2H3,(H2,22,23,24,25). The first kappa shape index (κ1) is 16.4. The van der Waals surface area contributed by atoms with Gasteiger partial charge in [-0.25, -0.2) is 4.98 Å². The van der Waals surface area contributed by atoms with Crippen molar-refractivity contribution in [1.29, 1.82) is 0 Å². The molecule has 2 saturated carbocycles. The smallest absolute Gasteiger partial charge is 0.225 e. The molecular weight excluding hydrogens is 308 g/mol. The van der Waals surface area contributed by atoms with E-state index < -0.39 is 0 Å². The van der Waals surface area contributed by atoms with Crippen LogP contribution in [0.3, 0.4) is 0 Å². The van der Waals surface area contributed by atoms with Crippen molar-refractivity contribution in [3.63, 3.8) is 0 Å². The summed E-state index contributed by atoms with van der Waals surface area (Å²) in [6.45, 7) is 4.28. The van der Waals surface area contributed by atoms with Crippen LogP contribution in [-0.4, -0.2) is 16.0 Å². The molecule has 0 atom stereocenters. The van der Waals surface area contributed by atoms with Crippen molar-refractivity contribution >= 4 is 17.5 Å². The Morgan fingerprint density at radius 1 is 0.920 bits per heavy atom. The summed E-state index contributed by atoms with van der Waals surface area (Å²) in [5, 5.41) is 7.15. The van der Waals surface area contributed by atoms with Crippen LogP contribution in [0.25, 0.3) is 0 Å². The number of anilines is 3. The van der Waals surface area contributed by atoms with Gasteiger partial charge in [-0.1, -0.05) is 37.5 Å². The molecule has 1 aromatic carbocycles. The van der Waals surface area contributed by atoms with Gasteiger partial charge in [0.05, 0.1) is 5.69 Å². The highest BCUT2D eigenvalue weighted by Gasteiger charge is 2.27. The molecule has 4 rings (SSSR count). The zero-order chi connectivity index (χ0) is 17.2. The summed E-state index contributed by atoms with van der Waals surface area (Å²) in [6.07, 6.45) is 8.96. The van der Waals surface area contributed by atoms with Gasteiger partial charge in [0.25, 0.3) is 0 Å². The van der Waals surface area contributed by atoms with E-state index in [-0.39, 0.29) is 0 Å². The third-order valence-electron chi connectivity index (χ3n) is 5.41. The third-order valence-corrected chi connectivity index (χ3v) is 5.41. The highest BCUT2D eigenvalue weighted by Crippen LogP contribution is 2.40. The molecule has 0 spiro atoms. The Labute approximate surface area is 150 Å². The van der Waals surface area contributed by atoms with E-state index in [0.717, 1.165) is 17.5 Å². The van der Waals surface area contributed by atoms with Gasteiger partial charge in [-0.3, -0.25) is 0 Å². The van der Waals surface area contributed by atoms with Gasteiger partial charge in [0.15, 0.2) is 0 Å². The fraction of sp³-hybridized carbons (Fsp3) is 0.524. The van der Waals surface area contributed by atoms with Gasteiger partial charge in [-0.2, -0.15) is 4.98 Å². The second-order valence-corrected chi connectivity index (χ2v) is 7.65. The lowest BCUT2D eigenvalue weighted by atomic mass is 9.96. The van der Waals surface area contributed by atoms with Crippen LogP contribution in [0, 0.1) is 13.8 Å². The van der Waals surface area contributed by atoms with E-state index in [1.54, 1.807) is 0 Å². The Bertz CT molecular complexity index is 725. The highest BCUT2D eigenvalue weighted by atomic mass is 15.2. The zero-order valence-corrected chi connectivity index (χ0v) is 15.3. The van der Waals surface area contributed by atoms with Crippen molar-refractivity contribution in [1.82, 2.24) is 9.97 Å². The predicted molar refractivity (Wildman–Crippen MR) is 104 cm³/mol. The molecule has 2 fully saturated rings. The van der Waals surface area contributed by atoms with E-state index in [1.807, 2.05) is 0 Å². The number of hydrogen-bond acceptors (Lipinski definition) is 4. The third kappa shape index (κ3) is 3.94. The number of aromatic nitrogens is 2. The van der Waals surface area contributed by atoms with Gasteiger partial charge in [0.2, 0.25) is 5.95 Å². The lowest BCUT2D eigenvalue weighted by Crippen LogP contribution is -2.23. The normalized spacial score (nSPS) is 18.2. The molecule has 4 nitrogen and oxygen atoms in total. The molecular formula is C21H28N4. The van der Waals surface area contributed by atoms with Crippen LogP contribution >= 0.6 is 0 Å². The van der Waals surface area contributed by atoms with Crippen LogP contribution < -0.4 is 10.6 Å². The van der Waals surface area contributed by atoms with Gasteiger partial charge in [0.1, 0.15) is 5.82 Å². The van der Waals surface area contributed by atoms with E-state index >= 15 is 0 Å². The monoisotopic (exact) mass is 336 g/mol. The first-order chi connectivity index (χ1) is 12.2. The van der Waals surface area contributed by atoms with Crippen molar-refractivity contribution in [3.8, 4) is 0 Å². The van der Waals surface area contributed by atoms with Gasteiger partial charge in [0, 0.05) is 23.7 Å². The summed E-state index contributed by atoms with van der Waals surface area (Å²) < 4.78 is 0. The number of rotatable bonds is 5. The molecule has 2 aromatic rings. The van der Waals surface area contributed by atoms with Crippen LogP contribution in [-0.2, 0) is 0 Å². The van der Waals surface area contributed by atoms with Crippen molar-refractivity contribution < 1.29 is 0 Å². The maximum absolute atomic E-state index is 4.81. The quantitative estimate of drug-likeness (QED) is 0.761. The molecule has 2 aliphatic rings. The molecule has 132 valence electrons. The Morgan fingerprint density at radius 2 is 1.64 bits per heavy atom. The van der Waals surface area contributed by atoms with Crippen molar-refractivity contribution in [2.24, 2.45) is 0 Å². The number of nitrogens with zero attached hydrogens (tertiary/aromatic N) is 2. The molecule has 1 aromatic heterocycles. The molecule has 0 bridgehead atoms. The van der Waals surface area contributed by atoms with Gasteiger partial charge in [-0.15, -0.1) is 0 Å². The first-order valence-electron chi connectivity index (χ1n) is 9.68. The van der Waals surface area contributed by atoms with E-state index in [9.17, 15) is 0 Å². The van der Waals surface area contributed by atoms with Crippen LogP contribution in [0.2, 0.25) is 0 Å². The molecule has 2 N–H and O–H groups in total. The van der Waals surface area contributed by atoms with Crippen LogP contribution in [0.4, 0.5) is 17.5 Å². The minimum atomic E-state index is 0.524. The molecule has 0 saturated heterocycles. The maximum atomic E-state index is 4.81. The topological polar surface area (TPSA) is 49.8 Å². The molecule has 2 aliphatic carbocycles. The molecule has 25 heavy (non-hydrogen) atoms. The van der Waals surface area contributed by atoms with Gasteiger partial charge < -0.3 is 10.6 Å². The SMILES string of the molecule is Cc1cccc(C)c1Nc1cc(C2CC2)nc(NC2CCCCC2)n1. The average molecular weight is 336 g/mol. The summed E-state index contributed by atoms with van der Waals surface area (Å²) in [6, 6.07) is 9.03. The maximum Gasteiger partial charge on any atom is 0.225 e. The van der Waals surface area contributed by atoms with E-state index in [4.69, 9.17) is 9.97 Å².